The van der Waals surface area contributed by atoms with Gasteiger partial charge >= 0.3 is 0 Å². The van der Waals surface area contributed by atoms with Crippen LogP contribution >= 0.6 is 0 Å². The van der Waals surface area contributed by atoms with Crippen LogP contribution in [0.2, 0.25) is 0 Å². The number of amides is 1. The molecule has 8 heteroatoms. The Hall–Kier alpha value is -3.94. The number of rotatable bonds is 6. The SMILES string of the molecule is CC(C)C(=O)Nc1ccc(Nc2nc(Nc3ccn[nH]3)c3ccccc3n2)cc1. The third-order valence-electron chi connectivity index (χ3n) is 4.29. The van der Waals surface area contributed by atoms with E-state index in [2.05, 4.69) is 36.1 Å². The zero-order valence-electron chi connectivity index (χ0n) is 16.1. The van der Waals surface area contributed by atoms with Crippen LogP contribution in [0, 0.1) is 5.92 Å². The van der Waals surface area contributed by atoms with E-state index in [0.717, 1.165) is 28.1 Å². The quantitative estimate of drug-likeness (QED) is 0.390. The fraction of sp³-hybridized carbons (Fsp3) is 0.143. The Morgan fingerprint density at radius 1 is 0.931 bits per heavy atom. The van der Waals surface area contributed by atoms with Gasteiger partial charge in [-0.3, -0.25) is 9.89 Å². The smallest absolute Gasteiger partial charge is 0.229 e. The van der Waals surface area contributed by atoms with Crippen molar-refractivity contribution >= 4 is 45.8 Å². The van der Waals surface area contributed by atoms with E-state index >= 15 is 0 Å². The number of carbonyl (C=O) groups is 1. The van der Waals surface area contributed by atoms with Crippen LogP contribution in [0.3, 0.4) is 0 Å². The Bertz CT molecular complexity index is 1120. The van der Waals surface area contributed by atoms with Crippen molar-refractivity contribution in [1.29, 1.82) is 0 Å². The molecule has 0 saturated heterocycles. The van der Waals surface area contributed by atoms with Crippen LogP contribution in [-0.4, -0.2) is 26.1 Å². The van der Waals surface area contributed by atoms with Gasteiger partial charge in [-0.2, -0.15) is 10.1 Å². The van der Waals surface area contributed by atoms with Crippen LogP contribution in [0.5, 0.6) is 0 Å². The molecule has 0 radical (unpaired) electrons. The number of benzene rings is 2. The second-order valence-electron chi connectivity index (χ2n) is 6.85. The number of carbonyl (C=O) groups excluding carboxylic acids is 1. The van der Waals surface area contributed by atoms with Gasteiger partial charge in [-0.15, -0.1) is 0 Å². The van der Waals surface area contributed by atoms with Crippen LogP contribution in [0.25, 0.3) is 10.9 Å². The maximum Gasteiger partial charge on any atom is 0.229 e. The lowest BCUT2D eigenvalue weighted by molar-refractivity contribution is -0.118. The lowest BCUT2D eigenvalue weighted by atomic mass is 10.2. The predicted octanol–water partition coefficient (Wildman–Crippen LogP) is 4.43. The summed E-state index contributed by atoms with van der Waals surface area (Å²) in [6.45, 7) is 3.72. The highest BCUT2D eigenvalue weighted by atomic mass is 16.1. The maximum atomic E-state index is 11.8. The number of anilines is 5. The second kappa shape index (κ2) is 7.97. The van der Waals surface area contributed by atoms with E-state index in [-0.39, 0.29) is 11.8 Å². The normalized spacial score (nSPS) is 10.9. The Morgan fingerprint density at radius 3 is 2.41 bits per heavy atom. The Balaban J connectivity index is 1.58. The summed E-state index contributed by atoms with van der Waals surface area (Å²) in [7, 11) is 0. The van der Waals surface area contributed by atoms with Gasteiger partial charge in [0.1, 0.15) is 11.6 Å². The fourth-order valence-electron chi connectivity index (χ4n) is 2.73. The third kappa shape index (κ3) is 4.32. The minimum absolute atomic E-state index is 0.0157. The number of aromatic amines is 1. The summed E-state index contributed by atoms with van der Waals surface area (Å²) in [6.07, 6.45) is 1.67. The van der Waals surface area contributed by atoms with Crippen molar-refractivity contribution in [2.75, 3.05) is 16.0 Å². The minimum Gasteiger partial charge on any atom is -0.326 e. The molecule has 0 spiro atoms. The highest BCUT2D eigenvalue weighted by Crippen LogP contribution is 2.26. The summed E-state index contributed by atoms with van der Waals surface area (Å²) in [6, 6.07) is 17.0. The number of para-hydroxylation sites is 1. The van der Waals surface area contributed by atoms with E-state index in [4.69, 9.17) is 0 Å². The molecule has 2 aromatic carbocycles. The molecule has 0 unspecified atom stereocenters. The lowest BCUT2D eigenvalue weighted by Crippen LogP contribution is -2.17. The molecule has 0 aliphatic heterocycles. The van der Waals surface area contributed by atoms with Crippen molar-refractivity contribution in [3.63, 3.8) is 0 Å². The van der Waals surface area contributed by atoms with E-state index in [1.807, 2.05) is 68.4 Å². The number of nitrogens with zero attached hydrogens (tertiary/aromatic N) is 3. The standard InChI is InChI=1S/C21H21N7O/c1-13(2)20(29)23-14-7-9-15(10-8-14)24-21-25-17-6-4-3-5-16(17)19(27-21)26-18-11-12-22-28-18/h3-13H,1-2H3,(H,23,29)(H3,22,24,25,26,27,28). The van der Waals surface area contributed by atoms with Gasteiger partial charge < -0.3 is 16.0 Å². The first-order valence-corrected chi connectivity index (χ1v) is 9.29. The molecule has 0 aliphatic carbocycles. The van der Waals surface area contributed by atoms with E-state index in [1.54, 1.807) is 6.20 Å². The van der Waals surface area contributed by atoms with Gasteiger partial charge in [0.15, 0.2) is 0 Å². The highest BCUT2D eigenvalue weighted by Gasteiger charge is 2.10. The van der Waals surface area contributed by atoms with Crippen LogP contribution in [-0.2, 0) is 4.79 Å². The predicted molar refractivity (Wildman–Crippen MR) is 115 cm³/mol. The number of aromatic nitrogens is 4. The number of hydrogen-bond acceptors (Lipinski definition) is 6. The number of nitrogens with one attached hydrogen (secondary N) is 4. The first-order chi connectivity index (χ1) is 14.1. The second-order valence-corrected chi connectivity index (χ2v) is 6.85. The minimum atomic E-state index is -0.0698. The largest absolute Gasteiger partial charge is 0.326 e. The maximum absolute atomic E-state index is 11.8. The number of hydrogen-bond donors (Lipinski definition) is 4. The molecule has 1 amide bonds. The molecule has 8 nitrogen and oxygen atoms in total. The van der Waals surface area contributed by atoms with Gasteiger partial charge in [-0.1, -0.05) is 26.0 Å². The summed E-state index contributed by atoms with van der Waals surface area (Å²) < 4.78 is 0. The summed E-state index contributed by atoms with van der Waals surface area (Å²) in [4.78, 5) is 21.0. The molecule has 2 aromatic heterocycles. The van der Waals surface area contributed by atoms with E-state index < -0.39 is 0 Å². The molecule has 2 heterocycles. The van der Waals surface area contributed by atoms with E-state index in [0.29, 0.717) is 11.8 Å². The molecule has 29 heavy (non-hydrogen) atoms. The highest BCUT2D eigenvalue weighted by molar-refractivity contribution is 5.93. The summed E-state index contributed by atoms with van der Waals surface area (Å²) in [5, 5.41) is 17.1. The molecule has 0 aliphatic rings. The molecule has 4 aromatic rings. The van der Waals surface area contributed by atoms with Gasteiger partial charge in [0.05, 0.1) is 11.7 Å². The average molecular weight is 387 g/mol. The van der Waals surface area contributed by atoms with E-state index in [1.165, 1.54) is 0 Å². The fourth-order valence-corrected chi connectivity index (χ4v) is 2.73. The first-order valence-electron chi connectivity index (χ1n) is 9.29. The van der Waals surface area contributed by atoms with Gasteiger partial charge in [0.2, 0.25) is 11.9 Å². The Kier molecular flexibility index (Phi) is 5.07. The summed E-state index contributed by atoms with van der Waals surface area (Å²) in [5.74, 6) is 1.79. The van der Waals surface area contributed by atoms with Crippen LogP contribution in [0.1, 0.15) is 13.8 Å². The van der Waals surface area contributed by atoms with Crippen molar-refractivity contribution in [2.24, 2.45) is 5.92 Å². The van der Waals surface area contributed by atoms with Gasteiger partial charge in [-0.25, -0.2) is 4.98 Å². The topological polar surface area (TPSA) is 108 Å². The third-order valence-corrected chi connectivity index (χ3v) is 4.29. The van der Waals surface area contributed by atoms with Crippen LogP contribution in [0.15, 0.2) is 60.8 Å². The van der Waals surface area contributed by atoms with Crippen LogP contribution < -0.4 is 16.0 Å². The molecule has 0 saturated carbocycles. The van der Waals surface area contributed by atoms with Gasteiger partial charge in [0, 0.05) is 28.7 Å². The van der Waals surface area contributed by atoms with Crippen molar-refractivity contribution in [1.82, 2.24) is 20.2 Å². The zero-order valence-corrected chi connectivity index (χ0v) is 16.1. The molecule has 0 fully saturated rings. The molecular formula is C21H21N7O. The monoisotopic (exact) mass is 387 g/mol. The molecule has 146 valence electrons. The summed E-state index contributed by atoms with van der Waals surface area (Å²) >= 11 is 0. The summed E-state index contributed by atoms with van der Waals surface area (Å²) in [5.41, 5.74) is 2.37. The van der Waals surface area contributed by atoms with E-state index in [9.17, 15) is 4.79 Å². The van der Waals surface area contributed by atoms with Gasteiger partial charge in [-0.05, 0) is 36.4 Å². The molecule has 0 atom stereocenters. The lowest BCUT2D eigenvalue weighted by Gasteiger charge is -2.12. The van der Waals surface area contributed by atoms with Gasteiger partial charge in [0.25, 0.3) is 0 Å². The first kappa shape index (κ1) is 18.4. The van der Waals surface area contributed by atoms with Crippen molar-refractivity contribution in [3.05, 3.63) is 60.8 Å². The zero-order chi connectivity index (χ0) is 20.2. The Morgan fingerprint density at radius 2 is 1.69 bits per heavy atom. The Labute approximate surface area is 167 Å². The van der Waals surface area contributed by atoms with Crippen molar-refractivity contribution in [2.45, 2.75) is 13.8 Å². The number of fused-ring (bicyclic) bond motifs is 1. The molecule has 4 rings (SSSR count). The molecular weight excluding hydrogens is 366 g/mol. The molecule has 4 N–H and O–H groups in total. The number of H-pyrrole nitrogens is 1. The van der Waals surface area contributed by atoms with Crippen molar-refractivity contribution < 1.29 is 4.79 Å². The van der Waals surface area contributed by atoms with Crippen LogP contribution in [0.4, 0.5) is 29.0 Å². The van der Waals surface area contributed by atoms with Crippen molar-refractivity contribution in [3.8, 4) is 0 Å². The molecule has 0 bridgehead atoms. The average Bonchev–Trinajstić information content (AvgIpc) is 3.22.